The number of nitrogens with zero attached hydrogens (tertiary/aromatic N) is 2. The molecule has 2 rings (SSSR count). The third-order valence-electron chi connectivity index (χ3n) is 3.23. The monoisotopic (exact) mass is 327 g/mol. The fourth-order valence-corrected chi connectivity index (χ4v) is 2.04. The highest BCUT2D eigenvalue weighted by Crippen LogP contribution is 2.19. The molecule has 23 heavy (non-hydrogen) atoms. The van der Waals surface area contributed by atoms with Crippen molar-refractivity contribution >= 4 is 11.9 Å². The van der Waals surface area contributed by atoms with E-state index in [0.29, 0.717) is 6.61 Å². The maximum Gasteiger partial charge on any atom is 0.412 e. The molecule has 0 radical (unpaired) electrons. The van der Waals surface area contributed by atoms with E-state index in [2.05, 4.69) is 17.2 Å². The van der Waals surface area contributed by atoms with Gasteiger partial charge in [-0.2, -0.15) is 4.98 Å². The van der Waals surface area contributed by atoms with Crippen LogP contribution in [0.1, 0.15) is 32.4 Å². The van der Waals surface area contributed by atoms with Crippen molar-refractivity contribution in [3.63, 3.8) is 0 Å². The van der Waals surface area contributed by atoms with E-state index in [9.17, 15) is 9.59 Å². The van der Waals surface area contributed by atoms with Crippen LogP contribution in [-0.2, 0) is 14.2 Å². The fraction of sp³-hybridized carbons (Fsp3) is 0.643. The molecule has 1 aliphatic heterocycles. The fourth-order valence-electron chi connectivity index (χ4n) is 2.04. The van der Waals surface area contributed by atoms with Gasteiger partial charge in [-0.3, -0.25) is 9.88 Å². The summed E-state index contributed by atoms with van der Waals surface area (Å²) >= 11 is 0. The molecule has 0 aromatic carbocycles. The molecular formula is C14H21N3O6. The first-order chi connectivity index (χ1) is 11.1. The molecule has 1 aliphatic rings. The summed E-state index contributed by atoms with van der Waals surface area (Å²) in [5.74, 6) is 0.101. The van der Waals surface area contributed by atoms with E-state index >= 15 is 0 Å². The molecule has 2 N–H and O–H groups in total. The molecule has 0 saturated carbocycles. The van der Waals surface area contributed by atoms with Crippen molar-refractivity contribution in [2.45, 2.75) is 38.7 Å². The molecule has 0 bridgehead atoms. The Balaban J connectivity index is 1.89. The Bertz CT molecular complexity index is 576. The van der Waals surface area contributed by atoms with Gasteiger partial charge >= 0.3 is 11.8 Å². The van der Waals surface area contributed by atoms with E-state index in [1.54, 1.807) is 0 Å². The molecular weight excluding hydrogens is 306 g/mol. The largest absolute Gasteiger partial charge is 0.449 e. The number of amides is 1. The molecule has 1 saturated heterocycles. The third kappa shape index (κ3) is 5.02. The summed E-state index contributed by atoms with van der Waals surface area (Å²) in [6.07, 6.45) is 2.21. The maximum absolute atomic E-state index is 12.0. The van der Waals surface area contributed by atoms with Gasteiger partial charge in [0.05, 0.1) is 19.8 Å². The number of aliphatic hydroxyl groups excluding tert-OH is 1. The van der Waals surface area contributed by atoms with Crippen molar-refractivity contribution in [2.24, 2.45) is 0 Å². The molecule has 2 atom stereocenters. The van der Waals surface area contributed by atoms with Gasteiger partial charge in [0.2, 0.25) is 0 Å². The Morgan fingerprint density at radius 1 is 1.57 bits per heavy atom. The number of rotatable bonds is 7. The topological polar surface area (TPSA) is 112 Å². The van der Waals surface area contributed by atoms with Crippen LogP contribution in [0.15, 0.2) is 17.1 Å². The summed E-state index contributed by atoms with van der Waals surface area (Å²) in [5.41, 5.74) is -0.596. The second-order valence-electron chi connectivity index (χ2n) is 5.01. The highest BCUT2D eigenvalue weighted by molar-refractivity contribution is 5.83. The minimum Gasteiger partial charge on any atom is -0.449 e. The number of carbonyl (C=O) groups is 1. The van der Waals surface area contributed by atoms with E-state index in [1.165, 1.54) is 16.8 Å². The van der Waals surface area contributed by atoms with Crippen molar-refractivity contribution in [3.05, 3.63) is 22.7 Å². The molecule has 9 heteroatoms. The highest BCUT2D eigenvalue weighted by Gasteiger charge is 2.27. The van der Waals surface area contributed by atoms with Crippen LogP contribution in [0.3, 0.4) is 0 Å². The molecule has 0 aliphatic carbocycles. The van der Waals surface area contributed by atoms with Crippen LogP contribution in [0.2, 0.25) is 0 Å². The second-order valence-corrected chi connectivity index (χ2v) is 5.01. The van der Waals surface area contributed by atoms with Gasteiger partial charge in [0.25, 0.3) is 0 Å². The van der Waals surface area contributed by atoms with Crippen molar-refractivity contribution in [2.75, 3.05) is 25.1 Å². The van der Waals surface area contributed by atoms with Gasteiger partial charge in [-0.1, -0.05) is 19.8 Å². The molecule has 2 heterocycles. The minimum atomic E-state index is -0.747. The predicted octanol–water partition coefficient (Wildman–Crippen LogP) is 0.846. The number of anilines is 1. The number of aromatic nitrogens is 2. The van der Waals surface area contributed by atoms with E-state index < -0.39 is 24.3 Å². The van der Waals surface area contributed by atoms with Gasteiger partial charge in [0.1, 0.15) is 5.82 Å². The van der Waals surface area contributed by atoms with Crippen LogP contribution in [0.4, 0.5) is 10.6 Å². The lowest BCUT2D eigenvalue weighted by Crippen LogP contribution is -2.29. The van der Waals surface area contributed by atoms with Crippen LogP contribution < -0.4 is 11.0 Å². The Labute approximate surface area is 133 Å². The Hall–Kier alpha value is -1.97. The molecule has 1 aromatic rings. The number of hydrogen-bond donors (Lipinski definition) is 2. The zero-order valence-electron chi connectivity index (χ0n) is 12.9. The summed E-state index contributed by atoms with van der Waals surface area (Å²) in [5, 5.41) is 11.3. The zero-order chi connectivity index (χ0) is 16.7. The second kappa shape index (κ2) is 8.61. The first kappa shape index (κ1) is 17.4. The van der Waals surface area contributed by atoms with Gasteiger partial charge in [-0.25, -0.2) is 9.59 Å². The Morgan fingerprint density at radius 3 is 3.04 bits per heavy atom. The van der Waals surface area contributed by atoms with Crippen molar-refractivity contribution in [3.8, 4) is 0 Å². The standard InChI is InChI=1S/C14H21N3O6/c1-2-3-4-7-21-14(20)16-10-5-6-17(13(19)15-10)11-9-22-12(8-18)23-11/h5-6,11-12,18H,2-4,7-9H2,1H3,(H,15,16,19,20)/t11-,12-/m0/s1. The molecule has 0 spiro atoms. The normalized spacial score (nSPS) is 20.4. The summed E-state index contributed by atoms with van der Waals surface area (Å²) in [6.45, 7) is 2.23. The average Bonchev–Trinajstić information content (AvgIpc) is 3.00. The molecule has 9 nitrogen and oxygen atoms in total. The lowest BCUT2D eigenvalue weighted by molar-refractivity contribution is -0.0992. The first-order valence-corrected chi connectivity index (χ1v) is 7.55. The molecule has 1 fully saturated rings. The third-order valence-corrected chi connectivity index (χ3v) is 3.23. The van der Waals surface area contributed by atoms with Crippen LogP contribution in [0, 0.1) is 0 Å². The maximum atomic E-state index is 12.0. The first-order valence-electron chi connectivity index (χ1n) is 7.55. The smallest absolute Gasteiger partial charge is 0.412 e. The SMILES string of the molecule is CCCCCOC(=O)Nc1ccn([C@@H]2CO[C@H](CO)O2)c(=O)n1. The number of aliphatic hydroxyl groups is 1. The number of nitrogens with one attached hydrogen (secondary N) is 1. The summed E-state index contributed by atoms with van der Waals surface area (Å²) in [4.78, 5) is 27.3. The van der Waals surface area contributed by atoms with Crippen molar-refractivity contribution in [1.82, 2.24) is 9.55 Å². The van der Waals surface area contributed by atoms with Gasteiger partial charge < -0.3 is 19.3 Å². The molecule has 0 unspecified atom stereocenters. The summed E-state index contributed by atoms with van der Waals surface area (Å²) in [7, 11) is 0. The number of carbonyl (C=O) groups excluding carboxylic acids is 1. The summed E-state index contributed by atoms with van der Waals surface area (Å²) < 4.78 is 16.7. The van der Waals surface area contributed by atoms with Crippen LogP contribution in [0.25, 0.3) is 0 Å². The van der Waals surface area contributed by atoms with Gasteiger partial charge in [-0.15, -0.1) is 0 Å². The lowest BCUT2D eigenvalue weighted by Gasteiger charge is -2.12. The quantitative estimate of drug-likeness (QED) is 0.714. The predicted molar refractivity (Wildman–Crippen MR) is 79.9 cm³/mol. The van der Waals surface area contributed by atoms with E-state index in [0.717, 1.165) is 19.3 Å². The van der Waals surface area contributed by atoms with Crippen LogP contribution >= 0.6 is 0 Å². The molecule has 128 valence electrons. The van der Waals surface area contributed by atoms with E-state index in [1.807, 2.05) is 0 Å². The number of hydrogen-bond acceptors (Lipinski definition) is 7. The van der Waals surface area contributed by atoms with Gasteiger partial charge in [-0.05, 0) is 12.5 Å². The number of unbranched alkanes of at least 4 members (excludes halogenated alkanes) is 2. The zero-order valence-corrected chi connectivity index (χ0v) is 12.9. The van der Waals surface area contributed by atoms with Crippen LogP contribution in [0.5, 0.6) is 0 Å². The Morgan fingerprint density at radius 2 is 2.39 bits per heavy atom. The van der Waals surface area contributed by atoms with Crippen LogP contribution in [-0.4, -0.2) is 46.9 Å². The Kier molecular flexibility index (Phi) is 6.51. The van der Waals surface area contributed by atoms with E-state index in [-0.39, 0.29) is 19.0 Å². The lowest BCUT2D eigenvalue weighted by atomic mass is 10.3. The molecule has 1 aromatic heterocycles. The summed E-state index contributed by atoms with van der Waals surface area (Å²) in [6, 6.07) is 1.46. The van der Waals surface area contributed by atoms with Gasteiger partial charge in [0.15, 0.2) is 12.5 Å². The van der Waals surface area contributed by atoms with Crippen molar-refractivity contribution in [1.29, 1.82) is 0 Å². The van der Waals surface area contributed by atoms with Crippen molar-refractivity contribution < 1.29 is 24.1 Å². The highest BCUT2D eigenvalue weighted by atomic mass is 16.7. The minimum absolute atomic E-state index is 0.101. The number of ether oxygens (including phenoxy) is 3. The van der Waals surface area contributed by atoms with E-state index in [4.69, 9.17) is 19.3 Å². The average molecular weight is 327 g/mol. The molecule has 1 amide bonds. The van der Waals surface area contributed by atoms with Gasteiger partial charge in [0, 0.05) is 6.20 Å².